The van der Waals surface area contributed by atoms with Crippen molar-refractivity contribution in [2.45, 2.75) is 77.3 Å². The molecule has 3 unspecified atom stereocenters. The highest BCUT2D eigenvalue weighted by Gasteiger charge is 2.23. The van der Waals surface area contributed by atoms with Crippen LogP contribution in [0.25, 0.3) is 11.0 Å². The maximum absolute atomic E-state index is 9.90. The highest BCUT2D eigenvalue weighted by molar-refractivity contribution is 5.78. The van der Waals surface area contributed by atoms with Gasteiger partial charge in [0.25, 0.3) is 0 Å². The third kappa shape index (κ3) is 8.48. The van der Waals surface area contributed by atoms with Gasteiger partial charge < -0.3 is 25.1 Å². The second-order valence-electron chi connectivity index (χ2n) is 9.42. The predicted octanol–water partition coefficient (Wildman–Crippen LogP) is 5.61. The molecule has 1 fully saturated rings. The Morgan fingerprint density at radius 2 is 1.89 bits per heavy atom. The molecule has 2 heterocycles. The van der Waals surface area contributed by atoms with Crippen LogP contribution >= 0.6 is 0 Å². The lowest BCUT2D eigenvalue weighted by atomic mass is 9.99. The maximum Gasteiger partial charge on any atom is 0.117 e. The quantitative estimate of drug-likeness (QED) is 0.409. The Hall–Kier alpha value is -2.70. The Morgan fingerprint density at radius 3 is 2.54 bits per heavy atom. The number of fused-ring (bicyclic) bond motifs is 1. The Kier molecular flexibility index (Phi) is 12.5. The third-order valence-corrected chi connectivity index (χ3v) is 6.65. The molecule has 0 radical (unpaired) electrons. The monoisotopic (exact) mass is 480 g/mol. The zero-order chi connectivity index (χ0) is 25.6. The van der Waals surface area contributed by atoms with Crippen molar-refractivity contribution in [2.24, 2.45) is 0 Å². The number of carbonyl (C=O) groups is 1. The van der Waals surface area contributed by atoms with E-state index >= 15 is 0 Å². The Bertz CT molecular complexity index is 981. The fourth-order valence-electron chi connectivity index (χ4n) is 4.73. The van der Waals surface area contributed by atoms with Gasteiger partial charge in [-0.15, -0.1) is 0 Å². The van der Waals surface area contributed by atoms with E-state index in [0.29, 0.717) is 18.0 Å². The summed E-state index contributed by atoms with van der Waals surface area (Å²) in [6, 6.07) is 17.4. The Labute approximate surface area is 211 Å². The van der Waals surface area contributed by atoms with Gasteiger partial charge in [0.2, 0.25) is 0 Å². The van der Waals surface area contributed by atoms with Gasteiger partial charge in [-0.05, 0) is 76.9 Å². The number of imidazole rings is 1. The summed E-state index contributed by atoms with van der Waals surface area (Å²) in [5, 5.41) is 16.6. The van der Waals surface area contributed by atoms with Gasteiger partial charge in [0.1, 0.15) is 18.4 Å². The molecule has 3 atom stereocenters. The van der Waals surface area contributed by atoms with Crippen LogP contribution in [0.4, 0.5) is 0 Å². The molecule has 1 saturated heterocycles. The summed E-state index contributed by atoms with van der Waals surface area (Å²) in [6.07, 6.45) is 7.02. The number of nitrogens with zero attached hydrogens (tertiary/aromatic N) is 2. The van der Waals surface area contributed by atoms with Gasteiger partial charge in [-0.1, -0.05) is 50.6 Å². The van der Waals surface area contributed by atoms with Crippen molar-refractivity contribution in [1.82, 2.24) is 20.2 Å². The number of rotatable bonds is 7. The fourth-order valence-corrected chi connectivity index (χ4v) is 4.73. The SMILES string of the molecule is C=O.CC(Cc1ccccc1)c1nc2cc(O)ccc2n1C1CCCNCC1.CCCC(C)NC. The molecule has 6 heteroatoms. The minimum absolute atomic E-state index is 0.284. The lowest BCUT2D eigenvalue weighted by Gasteiger charge is -2.22. The number of aromatic hydroxyl groups is 1. The first-order valence-corrected chi connectivity index (χ1v) is 12.9. The van der Waals surface area contributed by atoms with Crippen LogP contribution in [-0.2, 0) is 11.2 Å². The van der Waals surface area contributed by atoms with Crippen LogP contribution in [0, 0.1) is 0 Å². The molecule has 0 amide bonds. The second-order valence-corrected chi connectivity index (χ2v) is 9.42. The summed E-state index contributed by atoms with van der Waals surface area (Å²) in [4.78, 5) is 13.0. The molecule has 1 aromatic heterocycles. The van der Waals surface area contributed by atoms with Crippen LogP contribution in [0.5, 0.6) is 5.75 Å². The van der Waals surface area contributed by atoms with Crippen molar-refractivity contribution in [3.63, 3.8) is 0 Å². The van der Waals surface area contributed by atoms with E-state index in [9.17, 15) is 5.11 Å². The van der Waals surface area contributed by atoms with Gasteiger partial charge in [0, 0.05) is 24.1 Å². The van der Waals surface area contributed by atoms with Crippen molar-refractivity contribution in [1.29, 1.82) is 0 Å². The third-order valence-electron chi connectivity index (χ3n) is 6.65. The van der Waals surface area contributed by atoms with Gasteiger partial charge in [-0.25, -0.2) is 4.98 Å². The van der Waals surface area contributed by atoms with Crippen LogP contribution in [0.3, 0.4) is 0 Å². The standard InChI is InChI=1S/C22H27N3O.C6H15N.CH2O/c1-16(14-17-6-3-2-4-7-17)22-24-20-15-19(26)9-10-21(20)25(22)18-8-5-12-23-13-11-18;1-4-5-6(2)7-3;1-2/h2-4,6-7,9-10,15-16,18,23,26H,5,8,11-14H2,1H3;6-7H,4-5H2,1-3H3;1H2. The molecule has 6 nitrogen and oxygen atoms in total. The largest absolute Gasteiger partial charge is 0.508 e. The molecule has 2 aromatic carbocycles. The topological polar surface area (TPSA) is 79.2 Å². The van der Waals surface area contributed by atoms with E-state index in [0.717, 1.165) is 42.8 Å². The summed E-state index contributed by atoms with van der Waals surface area (Å²) >= 11 is 0. The molecular weight excluding hydrogens is 436 g/mol. The number of phenolic OH excluding ortho intramolecular Hbond substituents is 1. The van der Waals surface area contributed by atoms with E-state index in [4.69, 9.17) is 9.78 Å². The second kappa shape index (κ2) is 15.3. The predicted molar refractivity (Wildman–Crippen MR) is 146 cm³/mol. The summed E-state index contributed by atoms with van der Waals surface area (Å²) in [5.74, 6) is 1.75. The zero-order valence-electron chi connectivity index (χ0n) is 22.0. The van der Waals surface area contributed by atoms with E-state index in [-0.39, 0.29) is 5.75 Å². The van der Waals surface area contributed by atoms with E-state index < -0.39 is 0 Å². The molecule has 0 aliphatic carbocycles. The van der Waals surface area contributed by atoms with Crippen molar-refractivity contribution in [3.8, 4) is 5.75 Å². The maximum atomic E-state index is 9.90. The van der Waals surface area contributed by atoms with Gasteiger partial charge in [-0.2, -0.15) is 0 Å². The summed E-state index contributed by atoms with van der Waals surface area (Å²) in [6.45, 7) is 10.8. The van der Waals surface area contributed by atoms with E-state index in [1.165, 1.54) is 31.2 Å². The van der Waals surface area contributed by atoms with Crippen LogP contribution in [0.1, 0.15) is 76.2 Å². The van der Waals surface area contributed by atoms with Crippen molar-refractivity contribution in [3.05, 3.63) is 59.9 Å². The van der Waals surface area contributed by atoms with Crippen LogP contribution < -0.4 is 10.6 Å². The molecule has 4 rings (SSSR count). The first-order valence-electron chi connectivity index (χ1n) is 12.9. The lowest BCUT2D eigenvalue weighted by molar-refractivity contribution is -0.0980. The Balaban J connectivity index is 0.000000416. The van der Waals surface area contributed by atoms with Gasteiger partial charge in [-0.3, -0.25) is 0 Å². The average molecular weight is 481 g/mol. The molecule has 1 aliphatic heterocycles. The smallest absolute Gasteiger partial charge is 0.117 e. The fraction of sp³-hybridized carbons (Fsp3) is 0.517. The minimum atomic E-state index is 0.284. The summed E-state index contributed by atoms with van der Waals surface area (Å²) in [5.41, 5.74) is 3.38. The summed E-state index contributed by atoms with van der Waals surface area (Å²) in [7, 11) is 2.00. The number of hydrogen-bond acceptors (Lipinski definition) is 5. The number of carbonyl (C=O) groups excluding carboxylic acids is 1. The van der Waals surface area contributed by atoms with Crippen LogP contribution in [-0.4, -0.2) is 47.6 Å². The highest BCUT2D eigenvalue weighted by Crippen LogP contribution is 2.33. The van der Waals surface area contributed by atoms with E-state index in [1.807, 2.05) is 19.9 Å². The molecule has 3 aromatic rings. The van der Waals surface area contributed by atoms with Crippen LogP contribution in [0.2, 0.25) is 0 Å². The number of benzene rings is 2. The van der Waals surface area contributed by atoms with Gasteiger partial charge in [0.05, 0.1) is 11.0 Å². The van der Waals surface area contributed by atoms with Crippen molar-refractivity contribution in [2.75, 3.05) is 20.1 Å². The van der Waals surface area contributed by atoms with Crippen molar-refractivity contribution < 1.29 is 9.90 Å². The van der Waals surface area contributed by atoms with Crippen LogP contribution in [0.15, 0.2) is 48.5 Å². The first-order chi connectivity index (χ1) is 17.0. The number of hydrogen-bond donors (Lipinski definition) is 3. The van der Waals surface area contributed by atoms with Gasteiger partial charge in [0.15, 0.2) is 0 Å². The van der Waals surface area contributed by atoms with Crippen molar-refractivity contribution >= 4 is 17.8 Å². The number of aromatic nitrogens is 2. The molecule has 0 bridgehead atoms. The molecule has 0 saturated carbocycles. The normalized spacial score (nSPS) is 17.3. The molecular formula is C29H44N4O2. The highest BCUT2D eigenvalue weighted by atomic mass is 16.3. The van der Waals surface area contributed by atoms with E-state index in [2.05, 4.69) is 66.3 Å². The van der Waals surface area contributed by atoms with Gasteiger partial charge >= 0.3 is 0 Å². The number of phenols is 1. The molecule has 1 aliphatic rings. The number of nitrogens with one attached hydrogen (secondary N) is 2. The Morgan fingerprint density at radius 1 is 1.14 bits per heavy atom. The first kappa shape index (κ1) is 28.5. The lowest BCUT2D eigenvalue weighted by Crippen LogP contribution is -2.20. The minimum Gasteiger partial charge on any atom is -0.508 e. The zero-order valence-corrected chi connectivity index (χ0v) is 22.0. The molecule has 0 spiro atoms. The summed E-state index contributed by atoms with van der Waals surface area (Å²) < 4.78 is 2.45. The molecule has 192 valence electrons. The average Bonchev–Trinajstić information content (AvgIpc) is 3.05. The van der Waals surface area contributed by atoms with E-state index in [1.54, 1.807) is 12.1 Å². The molecule has 3 N–H and O–H groups in total. The molecule has 35 heavy (non-hydrogen) atoms.